The number of carbonyl (C=O) groups is 1. The minimum atomic E-state index is -4.48. The molecule has 1 heterocycles. The second-order valence-electron chi connectivity index (χ2n) is 5.07. The number of hydrogen-bond donors (Lipinski definition) is 1. The Balaban J connectivity index is 2.18. The normalized spacial score (nSPS) is 11.6. The second kappa shape index (κ2) is 5.52. The fraction of sp³-hybridized carbons (Fsp3) is 0.0588. The molecule has 0 aliphatic rings. The second-order valence-corrected chi connectivity index (χ2v) is 5.07. The van der Waals surface area contributed by atoms with Crippen molar-refractivity contribution in [2.24, 2.45) is 0 Å². The third kappa shape index (κ3) is 2.88. The number of benzene rings is 2. The van der Waals surface area contributed by atoms with E-state index in [2.05, 4.69) is 0 Å². The first-order valence-electron chi connectivity index (χ1n) is 6.74. The monoisotopic (exact) mass is 334 g/mol. The largest absolute Gasteiger partial charge is 0.475 e. The van der Waals surface area contributed by atoms with E-state index in [4.69, 9.17) is 9.52 Å². The van der Waals surface area contributed by atoms with Gasteiger partial charge in [0.05, 0.1) is 10.9 Å². The maximum atomic E-state index is 12.8. The van der Waals surface area contributed by atoms with Crippen LogP contribution in [0.25, 0.3) is 22.1 Å². The van der Waals surface area contributed by atoms with Gasteiger partial charge in [0.2, 0.25) is 5.76 Å². The Kier molecular flexibility index (Phi) is 3.63. The fourth-order valence-corrected chi connectivity index (χ4v) is 2.32. The van der Waals surface area contributed by atoms with E-state index in [0.29, 0.717) is 5.56 Å². The molecule has 122 valence electrons. The van der Waals surface area contributed by atoms with E-state index in [1.165, 1.54) is 30.3 Å². The molecular weight excluding hydrogens is 325 g/mol. The molecule has 0 spiro atoms. The van der Waals surface area contributed by atoms with Gasteiger partial charge < -0.3 is 9.52 Å². The Hall–Kier alpha value is -3.09. The van der Waals surface area contributed by atoms with Crippen molar-refractivity contribution >= 4 is 16.9 Å². The number of carboxylic acids is 1. The molecular formula is C17H9F3O4. The quantitative estimate of drug-likeness (QED) is 0.763. The van der Waals surface area contributed by atoms with Crippen molar-refractivity contribution in [2.45, 2.75) is 6.18 Å². The first-order valence-corrected chi connectivity index (χ1v) is 6.74. The molecule has 4 nitrogen and oxygen atoms in total. The van der Waals surface area contributed by atoms with Gasteiger partial charge in [-0.2, -0.15) is 13.2 Å². The molecule has 1 aromatic heterocycles. The van der Waals surface area contributed by atoms with Crippen LogP contribution in [-0.4, -0.2) is 11.1 Å². The van der Waals surface area contributed by atoms with Gasteiger partial charge in [-0.15, -0.1) is 0 Å². The first kappa shape index (κ1) is 15.8. The smallest absolute Gasteiger partial charge is 0.416 e. The van der Waals surface area contributed by atoms with E-state index in [1.807, 2.05) is 0 Å². The van der Waals surface area contributed by atoms with Crippen LogP contribution in [0.2, 0.25) is 0 Å². The molecule has 0 aliphatic heterocycles. The van der Waals surface area contributed by atoms with Gasteiger partial charge >= 0.3 is 12.1 Å². The van der Waals surface area contributed by atoms with Crippen LogP contribution >= 0.6 is 0 Å². The minimum absolute atomic E-state index is 0.00480. The SMILES string of the molecule is O=C(O)c1cc(=O)c2ccc(-c3cccc(C(F)(F)F)c3)cc2o1. The van der Waals surface area contributed by atoms with Crippen molar-refractivity contribution in [1.82, 2.24) is 0 Å². The highest BCUT2D eigenvalue weighted by Crippen LogP contribution is 2.32. The van der Waals surface area contributed by atoms with Crippen LogP contribution in [0.1, 0.15) is 16.1 Å². The summed E-state index contributed by atoms with van der Waals surface area (Å²) in [5, 5.41) is 9.07. The summed E-state index contributed by atoms with van der Waals surface area (Å²) in [6.45, 7) is 0. The number of halogens is 3. The molecule has 3 aromatic rings. The van der Waals surface area contributed by atoms with E-state index in [9.17, 15) is 22.8 Å². The summed E-state index contributed by atoms with van der Waals surface area (Å²) in [6, 6.07) is 9.75. The van der Waals surface area contributed by atoms with Gasteiger partial charge in [0.25, 0.3) is 0 Å². The van der Waals surface area contributed by atoms with Crippen molar-refractivity contribution in [3.05, 3.63) is 70.1 Å². The van der Waals surface area contributed by atoms with E-state index in [0.717, 1.165) is 18.2 Å². The number of carboxylic acid groups (broad SMARTS) is 1. The zero-order chi connectivity index (χ0) is 17.5. The van der Waals surface area contributed by atoms with E-state index >= 15 is 0 Å². The van der Waals surface area contributed by atoms with Crippen LogP contribution in [0, 0.1) is 0 Å². The summed E-state index contributed by atoms with van der Waals surface area (Å²) in [6.07, 6.45) is -4.48. The summed E-state index contributed by atoms with van der Waals surface area (Å²) < 4.78 is 43.6. The molecule has 0 amide bonds. The van der Waals surface area contributed by atoms with E-state index in [1.54, 1.807) is 0 Å². The Morgan fingerprint density at radius 2 is 1.71 bits per heavy atom. The lowest BCUT2D eigenvalue weighted by Crippen LogP contribution is -2.06. The molecule has 0 fully saturated rings. The van der Waals surface area contributed by atoms with Gasteiger partial charge in [-0.1, -0.05) is 18.2 Å². The van der Waals surface area contributed by atoms with Crippen LogP contribution in [0.5, 0.6) is 0 Å². The zero-order valence-electron chi connectivity index (χ0n) is 11.9. The lowest BCUT2D eigenvalue weighted by molar-refractivity contribution is -0.137. The maximum Gasteiger partial charge on any atom is 0.416 e. The maximum absolute atomic E-state index is 12.8. The topological polar surface area (TPSA) is 67.5 Å². The van der Waals surface area contributed by atoms with Gasteiger partial charge in [0, 0.05) is 6.07 Å². The molecule has 7 heteroatoms. The lowest BCUT2D eigenvalue weighted by Gasteiger charge is -2.09. The number of rotatable bonds is 2. The molecule has 3 rings (SSSR count). The molecule has 0 saturated heterocycles. The Labute approximate surface area is 132 Å². The molecule has 0 atom stereocenters. The highest BCUT2D eigenvalue weighted by molar-refractivity contribution is 5.89. The number of fused-ring (bicyclic) bond motifs is 1. The average Bonchev–Trinajstić information content (AvgIpc) is 2.53. The zero-order valence-corrected chi connectivity index (χ0v) is 11.9. The fourth-order valence-electron chi connectivity index (χ4n) is 2.32. The average molecular weight is 334 g/mol. The third-order valence-electron chi connectivity index (χ3n) is 3.46. The predicted octanol–water partition coefficient (Wildman–Crippen LogP) is 4.18. The van der Waals surface area contributed by atoms with Gasteiger partial charge in [-0.25, -0.2) is 4.79 Å². The lowest BCUT2D eigenvalue weighted by atomic mass is 10.0. The van der Waals surface area contributed by atoms with Gasteiger partial charge in [-0.05, 0) is 35.4 Å². The van der Waals surface area contributed by atoms with E-state index < -0.39 is 28.9 Å². The van der Waals surface area contributed by atoms with Crippen molar-refractivity contribution < 1.29 is 27.5 Å². The van der Waals surface area contributed by atoms with Crippen LogP contribution in [-0.2, 0) is 6.18 Å². The van der Waals surface area contributed by atoms with E-state index in [-0.39, 0.29) is 16.5 Å². The van der Waals surface area contributed by atoms with Crippen LogP contribution < -0.4 is 5.43 Å². The predicted molar refractivity (Wildman–Crippen MR) is 79.9 cm³/mol. The number of aromatic carboxylic acids is 1. The molecule has 0 radical (unpaired) electrons. The summed E-state index contributed by atoms with van der Waals surface area (Å²) in [7, 11) is 0. The standard InChI is InChI=1S/C17H9F3O4/c18-17(19,20)11-3-1-2-9(6-11)10-4-5-12-13(21)8-15(16(22)23)24-14(12)7-10/h1-8H,(H,22,23). The third-order valence-corrected chi connectivity index (χ3v) is 3.46. The molecule has 1 N–H and O–H groups in total. The van der Waals surface area contributed by atoms with Crippen LogP contribution in [0.3, 0.4) is 0 Å². The van der Waals surface area contributed by atoms with Gasteiger partial charge in [0.15, 0.2) is 5.43 Å². The minimum Gasteiger partial charge on any atom is -0.475 e. The number of alkyl halides is 3. The van der Waals surface area contributed by atoms with Crippen molar-refractivity contribution in [3.8, 4) is 11.1 Å². The molecule has 0 saturated carbocycles. The van der Waals surface area contributed by atoms with Crippen LogP contribution in [0.4, 0.5) is 13.2 Å². The van der Waals surface area contributed by atoms with Gasteiger partial charge in [-0.3, -0.25) is 4.79 Å². The molecule has 0 unspecified atom stereocenters. The Morgan fingerprint density at radius 1 is 1.00 bits per heavy atom. The van der Waals surface area contributed by atoms with Gasteiger partial charge in [0.1, 0.15) is 5.58 Å². The molecule has 24 heavy (non-hydrogen) atoms. The van der Waals surface area contributed by atoms with Crippen LogP contribution in [0.15, 0.2) is 57.7 Å². The summed E-state index contributed by atoms with van der Waals surface area (Å²) in [5.41, 5.74) is -0.700. The first-order chi connectivity index (χ1) is 11.3. The van der Waals surface area contributed by atoms with Crippen molar-refractivity contribution in [2.75, 3.05) is 0 Å². The molecule has 2 aromatic carbocycles. The summed E-state index contributed by atoms with van der Waals surface area (Å²) in [4.78, 5) is 22.8. The highest BCUT2D eigenvalue weighted by Gasteiger charge is 2.30. The number of hydrogen-bond acceptors (Lipinski definition) is 3. The highest BCUT2D eigenvalue weighted by atomic mass is 19.4. The summed E-state index contributed by atoms with van der Waals surface area (Å²) >= 11 is 0. The Morgan fingerprint density at radius 3 is 2.38 bits per heavy atom. The molecule has 0 aliphatic carbocycles. The summed E-state index contributed by atoms with van der Waals surface area (Å²) in [5.74, 6) is -1.94. The Bertz CT molecular complexity index is 1000. The van der Waals surface area contributed by atoms with Crippen molar-refractivity contribution in [1.29, 1.82) is 0 Å². The molecule has 0 bridgehead atoms. The van der Waals surface area contributed by atoms with Crippen molar-refractivity contribution in [3.63, 3.8) is 0 Å².